The Balaban J connectivity index is 1.45. The van der Waals surface area contributed by atoms with Gasteiger partial charge in [0.2, 0.25) is 0 Å². The molecule has 0 nitrogen and oxygen atoms in total. The molecule has 0 radical (unpaired) electrons. The first-order chi connectivity index (χ1) is 16.6. The maximum absolute atomic E-state index is 2.53. The lowest BCUT2D eigenvalue weighted by molar-refractivity contribution is 0.407. The first kappa shape index (κ1) is 20.9. The molecule has 0 bridgehead atoms. The number of rotatable bonds is 5. The van der Waals surface area contributed by atoms with Gasteiger partial charge in [-0.05, 0) is 43.7 Å². The molecular formula is C34H30. The van der Waals surface area contributed by atoms with Crippen LogP contribution in [0.3, 0.4) is 0 Å². The minimum atomic E-state index is -0.00574. The predicted molar refractivity (Wildman–Crippen MR) is 143 cm³/mol. The fourth-order valence-electron chi connectivity index (χ4n) is 6.16. The van der Waals surface area contributed by atoms with Crippen LogP contribution < -0.4 is 10.4 Å². The highest BCUT2D eigenvalue weighted by Gasteiger charge is 2.39. The molecule has 34 heavy (non-hydrogen) atoms. The number of fused-ring (bicyclic) bond motifs is 2. The summed E-state index contributed by atoms with van der Waals surface area (Å²) in [7, 11) is 0. The molecule has 166 valence electrons. The van der Waals surface area contributed by atoms with Gasteiger partial charge in [-0.2, -0.15) is 0 Å². The van der Waals surface area contributed by atoms with E-state index in [-0.39, 0.29) is 11.3 Å². The summed E-state index contributed by atoms with van der Waals surface area (Å²) in [5, 5.41) is 2.82. The first-order valence-electron chi connectivity index (χ1n) is 12.3. The number of hydrogen-bond donors (Lipinski definition) is 0. The predicted octanol–water partition coefficient (Wildman–Crippen LogP) is 6.71. The molecule has 0 heteroatoms. The topological polar surface area (TPSA) is 0 Å². The lowest BCUT2D eigenvalue weighted by atomic mass is 9.68. The van der Waals surface area contributed by atoms with Crippen LogP contribution in [0.1, 0.15) is 30.9 Å². The zero-order chi connectivity index (χ0) is 23.1. The van der Waals surface area contributed by atoms with Gasteiger partial charge in [0, 0.05) is 17.8 Å². The quantitative estimate of drug-likeness (QED) is 0.415. The Labute approximate surface area is 202 Å². The van der Waals surface area contributed by atoms with Gasteiger partial charge in [-0.3, -0.25) is 0 Å². The van der Waals surface area contributed by atoms with Crippen molar-refractivity contribution in [2.45, 2.75) is 19.8 Å². The van der Waals surface area contributed by atoms with E-state index in [1.165, 1.54) is 32.7 Å². The number of benzene rings is 3. The second kappa shape index (κ2) is 8.29. The molecule has 3 aliphatic rings. The van der Waals surface area contributed by atoms with Crippen molar-refractivity contribution >= 4 is 11.1 Å². The summed E-state index contributed by atoms with van der Waals surface area (Å²) in [6.07, 6.45) is 16.4. The monoisotopic (exact) mass is 438 g/mol. The van der Waals surface area contributed by atoms with Gasteiger partial charge in [-0.1, -0.05) is 141 Å². The third-order valence-electron chi connectivity index (χ3n) is 7.86. The minimum absolute atomic E-state index is 0.00574. The summed E-state index contributed by atoms with van der Waals surface area (Å²) in [5.41, 5.74) is 7.07. The highest BCUT2D eigenvalue weighted by Crippen LogP contribution is 2.49. The standard InChI is InChI=1S/C34H30/c1-34(2,33-30-19-11-9-17-28(30)29-18-10-12-20-31(29)33)27-22-21-26(23-27)32(24-13-5-3-6-14-24)25-15-7-4-8-16-25/h3-23,27,30,32H,1-2H3. The van der Waals surface area contributed by atoms with E-state index in [1.807, 2.05) is 0 Å². The van der Waals surface area contributed by atoms with Crippen LogP contribution in [0.4, 0.5) is 0 Å². The van der Waals surface area contributed by atoms with Crippen LogP contribution in [0.15, 0.2) is 133 Å². The van der Waals surface area contributed by atoms with Crippen molar-refractivity contribution in [3.63, 3.8) is 0 Å². The first-order valence-corrected chi connectivity index (χ1v) is 12.3. The summed E-state index contributed by atoms with van der Waals surface area (Å²) in [4.78, 5) is 0. The van der Waals surface area contributed by atoms with Crippen molar-refractivity contribution in [2.75, 3.05) is 0 Å². The van der Waals surface area contributed by atoms with Gasteiger partial charge in [-0.25, -0.2) is 0 Å². The minimum Gasteiger partial charge on any atom is -0.0764 e. The molecule has 0 saturated heterocycles. The summed E-state index contributed by atoms with van der Waals surface area (Å²) in [6, 6.07) is 30.8. The fraction of sp³-hybridized carbons (Fsp3) is 0.176. The van der Waals surface area contributed by atoms with Gasteiger partial charge in [0.15, 0.2) is 0 Å². The van der Waals surface area contributed by atoms with Crippen LogP contribution >= 0.6 is 0 Å². The van der Waals surface area contributed by atoms with E-state index in [0.29, 0.717) is 11.8 Å². The highest BCUT2D eigenvalue weighted by atomic mass is 14.4. The molecule has 6 rings (SSSR count). The Bertz CT molecular complexity index is 1420. The molecule has 0 aliphatic heterocycles. The van der Waals surface area contributed by atoms with Crippen molar-refractivity contribution < 1.29 is 0 Å². The summed E-state index contributed by atoms with van der Waals surface area (Å²) in [5.74, 6) is 0.960. The van der Waals surface area contributed by atoms with Crippen LogP contribution in [0.5, 0.6) is 0 Å². The molecule has 0 N–H and O–H groups in total. The van der Waals surface area contributed by atoms with Gasteiger partial charge in [0.1, 0.15) is 0 Å². The molecular weight excluding hydrogens is 408 g/mol. The molecule has 0 aromatic heterocycles. The maximum atomic E-state index is 2.53. The average Bonchev–Trinajstić information content (AvgIpc) is 3.50. The van der Waals surface area contributed by atoms with Crippen molar-refractivity contribution in [1.29, 1.82) is 0 Å². The second-order valence-electron chi connectivity index (χ2n) is 10.2. The molecule has 2 atom stereocenters. The summed E-state index contributed by atoms with van der Waals surface area (Å²) < 4.78 is 0. The number of hydrogen-bond acceptors (Lipinski definition) is 0. The summed E-state index contributed by atoms with van der Waals surface area (Å²) in [6.45, 7) is 4.87. The smallest absolute Gasteiger partial charge is 0.0336 e. The second-order valence-corrected chi connectivity index (χ2v) is 10.2. The third kappa shape index (κ3) is 3.37. The maximum Gasteiger partial charge on any atom is 0.0336 e. The van der Waals surface area contributed by atoms with E-state index in [0.717, 1.165) is 0 Å². The van der Waals surface area contributed by atoms with Crippen molar-refractivity contribution in [3.8, 4) is 0 Å². The van der Waals surface area contributed by atoms with Crippen molar-refractivity contribution in [2.24, 2.45) is 17.3 Å². The van der Waals surface area contributed by atoms with Crippen LogP contribution in [-0.4, -0.2) is 0 Å². The molecule has 0 amide bonds. The van der Waals surface area contributed by atoms with E-state index >= 15 is 0 Å². The lowest BCUT2D eigenvalue weighted by Gasteiger charge is -2.35. The molecule has 3 aromatic carbocycles. The fourth-order valence-corrected chi connectivity index (χ4v) is 6.16. The van der Waals surface area contributed by atoms with E-state index in [9.17, 15) is 0 Å². The van der Waals surface area contributed by atoms with E-state index in [2.05, 4.69) is 141 Å². The van der Waals surface area contributed by atoms with Gasteiger partial charge >= 0.3 is 0 Å². The Morgan fingerprint density at radius 1 is 0.647 bits per heavy atom. The van der Waals surface area contributed by atoms with Crippen molar-refractivity contribution in [1.82, 2.24) is 0 Å². The molecule has 0 fully saturated rings. The van der Waals surface area contributed by atoms with Crippen LogP contribution in [0, 0.1) is 17.3 Å². The van der Waals surface area contributed by atoms with Crippen LogP contribution in [0.2, 0.25) is 0 Å². The molecule has 0 saturated carbocycles. The summed E-state index contributed by atoms with van der Waals surface area (Å²) >= 11 is 0. The van der Waals surface area contributed by atoms with Crippen LogP contribution in [0.25, 0.3) is 11.1 Å². The Morgan fingerprint density at radius 2 is 1.26 bits per heavy atom. The van der Waals surface area contributed by atoms with Gasteiger partial charge in [0.05, 0.1) is 0 Å². The molecule has 0 spiro atoms. The zero-order valence-electron chi connectivity index (χ0n) is 19.9. The van der Waals surface area contributed by atoms with E-state index in [1.54, 1.807) is 5.57 Å². The SMILES string of the molecule is CC(C)(C1=c2ccccc2=C2C=CC=CC21)C1C=CC(C(c2ccccc2)c2ccccc2)=C1. The van der Waals surface area contributed by atoms with E-state index in [4.69, 9.17) is 0 Å². The zero-order valence-corrected chi connectivity index (χ0v) is 19.9. The Hall–Kier alpha value is -3.64. The average molecular weight is 439 g/mol. The largest absolute Gasteiger partial charge is 0.0764 e. The van der Waals surface area contributed by atoms with Crippen LogP contribution in [-0.2, 0) is 0 Å². The van der Waals surface area contributed by atoms with E-state index < -0.39 is 0 Å². The Morgan fingerprint density at radius 3 is 1.94 bits per heavy atom. The molecule has 3 aromatic rings. The third-order valence-corrected chi connectivity index (χ3v) is 7.86. The normalized spacial score (nSPS) is 20.6. The number of allylic oxidation sites excluding steroid dienone is 8. The molecule has 0 heterocycles. The van der Waals surface area contributed by atoms with Gasteiger partial charge < -0.3 is 0 Å². The molecule has 3 aliphatic carbocycles. The lowest BCUT2D eigenvalue weighted by Crippen LogP contribution is -2.32. The highest BCUT2D eigenvalue weighted by molar-refractivity contribution is 5.82. The Kier molecular flexibility index (Phi) is 5.11. The van der Waals surface area contributed by atoms with Gasteiger partial charge in [-0.15, -0.1) is 0 Å². The van der Waals surface area contributed by atoms with Crippen molar-refractivity contribution in [3.05, 3.63) is 155 Å². The molecule has 2 unspecified atom stereocenters. The van der Waals surface area contributed by atoms with Gasteiger partial charge in [0.25, 0.3) is 0 Å².